The van der Waals surface area contributed by atoms with E-state index >= 15 is 0 Å². The lowest BCUT2D eigenvalue weighted by atomic mass is 10.1. The first-order valence-corrected chi connectivity index (χ1v) is 4.56. The Morgan fingerprint density at radius 2 is 1.94 bits per heavy atom. The summed E-state index contributed by atoms with van der Waals surface area (Å²) in [7, 11) is 2.23. The Morgan fingerprint density at radius 1 is 1.24 bits per heavy atom. The van der Waals surface area contributed by atoms with Gasteiger partial charge in [-0.15, -0.1) is 0 Å². The third kappa shape index (κ3) is 3.04. The van der Waals surface area contributed by atoms with Gasteiger partial charge in [0.2, 0.25) is 5.78 Å². The van der Waals surface area contributed by atoms with Crippen molar-refractivity contribution in [1.29, 1.82) is 0 Å². The van der Waals surface area contributed by atoms with Gasteiger partial charge in [0.05, 0.1) is 20.5 Å². The van der Waals surface area contributed by atoms with E-state index in [1.54, 1.807) is 0 Å². The van der Waals surface area contributed by atoms with Gasteiger partial charge in [0.1, 0.15) is 5.57 Å². The quantitative estimate of drug-likeness (QED) is 0.253. The van der Waals surface area contributed by atoms with Crippen LogP contribution in [0.5, 0.6) is 0 Å². The Balaban J connectivity index is 3.07. The van der Waals surface area contributed by atoms with E-state index in [0.717, 1.165) is 20.3 Å². The first kappa shape index (κ1) is 12.7. The van der Waals surface area contributed by atoms with Crippen molar-refractivity contribution in [2.24, 2.45) is 0 Å². The monoisotopic (exact) mass is 238 g/mol. The molecule has 0 spiro atoms. The Hall–Kier alpha value is -2.37. The predicted octanol–water partition coefficient (Wildman–Crippen LogP) is 0.735. The number of ether oxygens (including phenoxy) is 2. The van der Waals surface area contributed by atoms with E-state index in [2.05, 4.69) is 9.47 Å². The number of rotatable bonds is 4. The number of furan rings is 1. The fourth-order valence-electron chi connectivity index (χ4n) is 1.04. The predicted molar refractivity (Wildman–Crippen MR) is 55.2 cm³/mol. The van der Waals surface area contributed by atoms with E-state index in [1.807, 2.05) is 0 Å². The molecule has 0 saturated carbocycles. The van der Waals surface area contributed by atoms with Crippen LogP contribution in [0.1, 0.15) is 10.6 Å². The van der Waals surface area contributed by atoms with Crippen LogP contribution in [0.15, 0.2) is 34.5 Å². The van der Waals surface area contributed by atoms with Gasteiger partial charge in [0.25, 0.3) is 0 Å². The molecule has 0 aliphatic heterocycles. The summed E-state index contributed by atoms with van der Waals surface area (Å²) < 4.78 is 13.6. The van der Waals surface area contributed by atoms with Crippen LogP contribution in [-0.2, 0) is 19.1 Å². The third-order valence-electron chi connectivity index (χ3n) is 1.86. The topological polar surface area (TPSA) is 82.8 Å². The van der Waals surface area contributed by atoms with Crippen LogP contribution in [0.2, 0.25) is 0 Å². The first-order valence-electron chi connectivity index (χ1n) is 4.56. The van der Waals surface area contributed by atoms with Gasteiger partial charge >= 0.3 is 11.9 Å². The van der Waals surface area contributed by atoms with Crippen LogP contribution < -0.4 is 0 Å². The molecule has 0 N–H and O–H groups in total. The minimum Gasteiger partial charge on any atom is -0.466 e. The van der Waals surface area contributed by atoms with E-state index in [4.69, 9.17) is 4.42 Å². The third-order valence-corrected chi connectivity index (χ3v) is 1.86. The highest BCUT2D eigenvalue weighted by atomic mass is 16.5. The number of ketones is 1. The van der Waals surface area contributed by atoms with Gasteiger partial charge < -0.3 is 13.9 Å². The highest BCUT2D eigenvalue weighted by Crippen LogP contribution is 2.10. The van der Waals surface area contributed by atoms with Crippen molar-refractivity contribution < 1.29 is 28.3 Å². The largest absolute Gasteiger partial charge is 0.466 e. The SMILES string of the molecule is COC(=O)/C=C(/C(=O)OC)C(=O)c1ccco1. The van der Waals surface area contributed by atoms with Crippen LogP contribution in [0.4, 0.5) is 0 Å². The molecular weight excluding hydrogens is 228 g/mol. The van der Waals surface area contributed by atoms with Crippen molar-refractivity contribution >= 4 is 17.7 Å². The Bertz CT molecular complexity index is 454. The maximum atomic E-state index is 11.8. The van der Waals surface area contributed by atoms with Gasteiger partial charge in [-0.25, -0.2) is 9.59 Å². The second kappa shape index (κ2) is 5.64. The molecule has 17 heavy (non-hydrogen) atoms. The van der Waals surface area contributed by atoms with Gasteiger partial charge in [-0.05, 0) is 12.1 Å². The summed E-state index contributed by atoms with van der Waals surface area (Å²) in [5.74, 6) is -2.57. The number of carbonyl (C=O) groups is 3. The van der Waals surface area contributed by atoms with Crippen LogP contribution in [0.3, 0.4) is 0 Å². The number of Topliss-reactive ketones (excluding diaryl/α,β-unsaturated/α-hetero) is 1. The van der Waals surface area contributed by atoms with Gasteiger partial charge in [0.15, 0.2) is 5.76 Å². The van der Waals surface area contributed by atoms with Crippen molar-refractivity contribution in [1.82, 2.24) is 0 Å². The normalized spacial score (nSPS) is 10.8. The van der Waals surface area contributed by atoms with Gasteiger partial charge in [0, 0.05) is 6.08 Å². The van der Waals surface area contributed by atoms with Crippen molar-refractivity contribution in [3.8, 4) is 0 Å². The number of esters is 2. The van der Waals surface area contributed by atoms with Crippen LogP contribution in [0, 0.1) is 0 Å². The molecule has 90 valence electrons. The van der Waals surface area contributed by atoms with Crippen molar-refractivity contribution in [3.05, 3.63) is 35.8 Å². The molecule has 0 aliphatic rings. The van der Waals surface area contributed by atoms with Crippen LogP contribution >= 0.6 is 0 Å². The zero-order chi connectivity index (χ0) is 12.8. The maximum absolute atomic E-state index is 11.8. The van der Waals surface area contributed by atoms with E-state index < -0.39 is 23.3 Å². The minimum atomic E-state index is -0.934. The first-order chi connectivity index (χ1) is 8.10. The van der Waals surface area contributed by atoms with E-state index in [-0.39, 0.29) is 5.76 Å². The van der Waals surface area contributed by atoms with E-state index in [1.165, 1.54) is 18.4 Å². The Kier molecular flexibility index (Phi) is 4.21. The molecular formula is C11H10O6. The molecule has 1 heterocycles. The molecule has 0 aromatic carbocycles. The summed E-state index contributed by atoms with van der Waals surface area (Å²) >= 11 is 0. The molecule has 0 bridgehead atoms. The molecule has 0 amide bonds. The molecule has 1 aromatic heterocycles. The summed E-state index contributed by atoms with van der Waals surface area (Å²) in [6.07, 6.45) is 2.04. The minimum absolute atomic E-state index is 0.0643. The highest BCUT2D eigenvalue weighted by molar-refractivity contribution is 6.25. The summed E-state index contributed by atoms with van der Waals surface area (Å²) in [5.41, 5.74) is -0.450. The lowest BCUT2D eigenvalue weighted by Gasteiger charge is -2.01. The average molecular weight is 238 g/mol. The van der Waals surface area contributed by atoms with Crippen molar-refractivity contribution in [3.63, 3.8) is 0 Å². The van der Waals surface area contributed by atoms with Gasteiger partial charge in [-0.3, -0.25) is 4.79 Å². The fraction of sp³-hybridized carbons (Fsp3) is 0.182. The molecule has 0 radical (unpaired) electrons. The second-order valence-corrected chi connectivity index (χ2v) is 2.88. The van der Waals surface area contributed by atoms with Gasteiger partial charge in [-0.2, -0.15) is 0 Å². The number of hydrogen-bond donors (Lipinski definition) is 0. The average Bonchev–Trinajstić information content (AvgIpc) is 2.87. The lowest BCUT2D eigenvalue weighted by molar-refractivity contribution is -0.138. The molecule has 1 rings (SSSR count). The van der Waals surface area contributed by atoms with Gasteiger partial charge in [-0.1, -0.05) is 0 Å². The lowest BCUT2D eigenvalue weighted by Crippen LogP contribution is -2.16. The standard InChI is InChI=1S/C11H10O6/c1-15-9(12)6-7(11(14)16-2)10(13)8-4-3-5-17-8/h3-6H,1-2H3/b7-6+. The Morgan fingerprint density at radius 3 is 2.41 bits per heavy atom. The molecule has 0 atom stereocenters. The van der Waals surface area contributed by atoms with Crippen molar-refractivity contribution in [2.45, 2.75) is 0 Å². The summed E-state index contributed by atoms with van der Waals surface area (Å²) in [6.45, 7) is 0. The number of methoxy groups -OCH3 is 2. The van der Waals surface area contributed by atoms with E-state index in [9.17, 15) is 14.4 Å². The highest BCUT2D eigenvalue weighted by Gasteiger charge is 2.24. The molecule has 6 heteroatoms. The molecule has 0 fully saturated rings. The van der Waals surface area contributed by atoms with E-state index in [0.29, 0.717) is 0 Å². The summed E-state index contributed by atoms with van der Waals surface area (Å²) in [6, 6.07) is 2.86. The molecule has 0 saturated heterocycles. The summed E-state index contributed by atoms with van der Waals surface area (Å²) in [5, 5.41) is 0. The zero-order valence-corrected chi connectivity index (χ0v) is 9.26. The van der Waals surface area contributed by atoms with Crippen LogP contribution in [-0.4, -0.2) is 31.9 Å². The van der Waals surface area contributed by atoms with Crippen molar-refractivity contribution in [2.75, 3.05) is 14.2 Å². The molecule has 0 unspecified atom stereocenters. The summed E-state index contributed by atoms with van der Waals surface area (Å²) in [4.78, 5) is 34.2. The van der Waals surface area contributed by atoms with Crippen LogP contribution in [0.25, 0.3) is 0 Å². The molecule has 0 aliphatic carbocycles. The zero-order valence-electron chi connectivity index (χ0n) is 9.26. The second-order valence-electron chi connectivity index (χ2n) is 2.88. The molecule has 6 nitrogen and oxygen atoms in total. The Labute approximate surface area is 96.8 Å². The smallest absolute Gasteiger partial charge is 0.342 e. The number of hydrogen-bond acceptors (Lipinski definition) is 6. The fourth-order valence-corrected chi connectivity index (χ4v) is 1.04. The molecule has 1 aromatic rings. The number of carbonyl (C=O) groups excluding carboxylic acids is 3. The maximum Gasteiger partial charge on any atom is 0.342 e.